The second kappa shape index (κ2) is 3.69. The van der Waals surface area contributed by atoms with Crippen LogP contribution in [0, 0.1) is 11.3 Å². The second-order valence-corrected chi connectivity index (χ2v) is 3.13. The molecule has 0 aliphatic rings. The third-order valence-corrected chi connectivity index (χ3v) is 2.15. The summed E-state index contributed by atoms with van der Waals surface area (Å²) in [5.74, 6) is 0. The minimum Gasteiger partial charge on any atom is -0.423 e. The van der Waals surface area contributed by atoms with E-state index in [0.29, 0.717) is 16.5 Å². The molecular weight excluding hydrogens is 191 g/mol. The molecule has 5 heteroatoms. The first-order valence-electron chi connectivity index (χ1n) is 4.37. The first-order chi connectivity index (χ1) is 7.22. The average molecular weight is 198 g/mol. The zero-order valence-corrected chi connectivity index (χ0v) is 7.75. The molecule has 1 aromatic carbocycles. The lowest BCUT2D eigenvalue weighted by Crippen LogP contribution is -2.30. The van der Waals surface area contributed by atoms with E-state index >= 15 is 0 Å². The van der Waals surface area contributed by atoms with Crippen molar-refractivity contribution in [3.05, 3.63) is 36.0 Å². The molecule has 1 aromatic heterocycles. The van der Waals surface area contributed by atoms with Crippen LogP contribution in [0.4, 0.5) is 0 Å². The Balaban J connectivity index is 2.78. The van der Waals surface area contributed by atoms with Crippen LogP contribution in [0.25, 0.3) is 10.9 Å². The van der Waals surface area contributed by atoms with Crippen LogP contribution in [-0.4, -0.2) is 22.2 Å². The molecule has 4 nitrogen and oxygen atoms in total. The predicted molar refractivity (Wildman–Crippen MR) is 56.3 cm³/mol. The molecule has 2 N–H and O–H groups in total. The highest BCUT2D eigenvalue weighted by atomic mass is 16.4. The standard InChI is InChI=1S/C10H7BN2O2/c12-6-8-5-9(11(14)15)4-7-2-1-3-13-10(7)8/h1-5,14-15H. The Morgan fingerprint density at radius 1 is 1.33 bits per heavy atom. The predicted octanol–water partition coefficient (Wildman–Crippen LogP) is -0.214. The van der Waals surface area contributed by atoms with Gasteiger partial charge >= 0.3 is 7.12 Å². The Labute approximate surface area is 86.6 Å². The van der Waals surface area contributed by atoms with Gasteiger partial charge in [0.2, 0.25) is 0 Å². The number of nitrogens with zero attached hydrogens (tertiary/aromatic N) is 2. The molecule has 0 saturated carbocycles. The highest BCUT2D eigenvalue weighted by Gasteiger charge is 2.14. The molecule has 1 heterocycles. The number of hydrogen-bond acceptors (Lipinski definition) is 4. The number of rotatable bonds is 1. The molecule has 0 bridgehead atoms. The van der Waals surface area contributed by atoms with Crippen LogP contribution in [-0.2, 0) is 0 Å². The van der Waals surface area contributed by atoms with E-state index in [-0.39, 0.29) is 0 Å². The van der Waals surface area contributed by atoms with E-state index in [1.165, 1.54) is 6.07 Å². The molecule has 0 aliphatic carbocycles. The minimum absolute atomic E-state index is 0.298. The summed E-state index contributed by atoms with van der Waals surface area (Å²) in [5.41, 5.74) is 1.22. The van der Waals surface area contributed by atoms with E-state index in [1.807, 2.05) is 6.07 Å². The van der Waals surface area contributed by atoms with Crippen LogP contribution in [0.5, 0.6) is 0 Å². The van der Waals surface area contributed by atoms with Crippen molar-refractivity contribution in [2.45, 2.75) is 0 Å². The van der Waals surface area contributed by atoms with Crippen LogP contribution < -0.4 is 5.46 Å². The fourth-order valence-electron chi connectivity index (χ4n) is 1.45. The second-order valence-electron chi connectivity index (χ2n) is 3.13. The minimum atomic E-state index is -1.57. The summed E-state index contributed by atoms with van der Waals surface area (Å²) in [6.07, 6.45) is 1.60. The molecule has 0 aliphatic heterocycles. The Kier molecular flexibility index (Phi) is 2.38. The number of hydrogen-bond donors (Lipinski definition) is 2. The normalized spacial score (nSPS) is 9.93. The van der Waals surface area contributed by atoms with Gasteiger partial charge < -0.3 is 10.0 Å². The molecule has 2 rings (SSSR count). The molecule has 0 saturated heterocycles. The summed E-state index contributed by atoms with van der Waals surface area (Å²) in [5, 5.41) is 27.7. The number of nitriles is 1. The van der Waals surface area contributed by atoms with Crippen molar-refractivity contribution in [1.82, 2.24) is 4.98 Å². The zero-order valence-electron chi connectivity index (χ0n) is 7.75. The first-order valence-corrected chi connectivity index (χ1v) is 4.37. The van der Waals surface area contributed by atoms with Crippen molar-refractivity contribution in [3.8, 4) is 6.07 Å². The maximum Gasteiger partial charge on any atom is 0.488 e. The number of pyridine rings is 1. The average Bonchev–Trinajstić information content (AvgIpc) is 2.27. The van der Waals surface area contributed by atoms with E-state index in [0.717, 1.165) is 5.39 Å². The topological polar surface area (TPSA) is 77.1 Å². The maximum absolute atomic E-state index is 9.03. The van der Waals surface area contributed by atoms with E-state index in [2.05, 4.69) is 4.98 Å². The van der Waals surface area contributed by atoms with Gasteiger partial charge in [0.1, 0.15) is 6.07 Å². The van der Waals surface area contributed by atoms with Gasteiger partial charge in [0, 0.05) is 11.6 Å². The third kappa shape index (κ3) is 1.68. The van der Waals surface area contributed by atoms with Crippen LogP contribution in [0.2, 0.25) is 0 Å². The Bertz CT molecular complexity index is 549. The molecule has 0 spiro atoms. The van der Waals surface area contributed by atoms with Crippen molar-refractivity contribution in [2.75, 3.05) is 0 Å². The fraction of sp³-hybridized carbons (Fsp3) is 0. The number of aromatic nitrogens is 1. The molecular formula is C10H7BN2O2. The van der Waals surface area contributed by atoms with Gasteiger partial charge in [-0.25, -0.2) is 0 Å². The van der Waals surface area contributed by atoms with Crippen LogP contribution >= 0.6 is 0 Å². The first kappa shape index (κ1) is 9.65. The van der Waals surface area contributed by atoms with Gasteiger partial charge in [-0.3, -0.25) is 4.98 Å². The number of benzene rings is 1. The van der Waals surface area contributed by atoms with Gasteiger partial charge in [-0.15, -0.1) is 0 Å². The summed E-state index contributed by atoms with van der Waals surface area (Å²) in [4.78, 5) is 4.07. The van der Waals surface area contributed by atoms with E-state index < -0.39 is 7.12 Å². The Morgan fingerprint density at radius 2 is 2.13 bits per heavy atom. The fourth-order valence-corrected chi connectivity index (χ4v) is 1.45. The lowest BCUT2D eigenvalue weighted by molar-refractivity contribution is 0.426. The molecule has 15 heavy (non-hydrogen) atoms. The van der Waals surface area contributed by atoms with Crippen LogP contribution in [0.3, 0.4) is 0 Å². The summed E-state index contributed by atoms with van der Waals surface area (Å²) < 4.78 is 0. The van der Waals surface area contributed by atoms with Gasteiger partial charge in [0.25, 0.3) is 0 Å². The molecule has 72 valence electrons. The van der Waals surface area contributed by atoms with Crippen LogP contribution in [0.15, 0.2) is 30.5 Å². The maximum atomic E-state index is 9.03. The number of fused-ring (bicyclic) bond motifs is 1. The van der Waals surface area contributed by atoms with Crippen molar-refractivity contribution in [2.24, 2.45) is 0 Å². The molecule has 0 radical (unpaired) electrons. The van der Waals surface area contributed by atoms with Gasteiger partial charge in [0.15, 0.2) is 0 Å². The molecule has 2 aromatic rings. The van der Waals surface area contributed by atoms with Crippen molar-refractivity contribution in [1.29, 1.82) is 5.26 Å². The van der Waals surface area contributed by atoms with Gasteiger partial charge in [0.05, 0.1) is 11.1 Å². The van der Waals surface area contributed by atoms with Crippen LogP contribution in [0.1, 0.15) is 5.56 Å². The summed E-state index contributed by atoms with van der Waals surface area (Å²) in [7, 11) is -1.57. The van der Waals surface area contributed by atoms with Crippen molar-refractivity contribution >= 4 is 23.5 Å². The lowest BCUT2D eigenvalue weighted by Gasteiger charge is -2.03. The largest absolute Gasteiger partial charge is 0.488 e. The van der Waals surface area contributed by atoms with Crippen molar-refractivity contribution in [3.63, 3.8) is 0 Å². The van der Waals surface area contributed by atoms with Gasteiger partial charge in [-0.1, -0.05) is 12.1 Å². The summed E-state index contributed by atoms with van der Waals surface area (Å²) in [6.45, 7) is 0. The molecule has 0 atom stereocenters. The van der Waals surface area contributed by atoms with Crippen molar-refractivity contribution < 1.29 is 10.0 Å². The summed E-state index contributed by atoms with van der Waals surface area (Å²) >= 11 is 0. The quantitative estimate of drug-likeness (QED) is 0.621. The van der Waals surface area contributed by atoms with Gasteiger partial charge in [-0.2, -0.15) is 5.26 Å². The smallest absolute Gasteiger partial charge is 0.423 e. The SMILES string of the molecule is N#Cc1cc(B(O)O)cc2cccnc12. The Morgan fingerprint density at radius 3 is 2.80 bits per heavy atom. The zero-order chi connectivity index (χ0) is 10.8. The third-order valence-electron chi connectivity index (χ3n) is 2.15. The molecule has 0 unspecified atom stereocenters. The van der Waals surface area contributed by atoms with E-state index in [9.17, 15) is 0 Å². The molecule has 0 amide bonds. The highest BCUT2D eigenvalue weighted by molar-refractivity contribution is 6.59. The van der Waals surface area contributed by atoms with E-state index in [1.54, 1.807) is 24.4 Å². The Hall–Kier alpha value is -1.90. The highest BCUT2D eigenvalue weighted by Crippen LogP contribution is 2.13. The van der Waals surface area contributed by atoms with Gasteiger partial charge in [-0.05, 0) is 17.6 Å². The van der Waals surface area contributed by atoms with E-state index in [4.69, 9.17) is 15.3 Å². The monoisotopic (exact) mass is 198 g/mol. The lowest BCUT2D eigenvalue weighted by atomic mass is 9.79. The molecule has 0 fully saturated rings. The summed E-state index contributed by atoms with van der Waals surface area (Å²) in [6, 6.07) is 8.52.